The molecule has 0 atom stereocenters. The lowest BCUT2D eigenvalue weighted by atomic mass is 10.1. The van der Waals surface area contributed by atoms with E-state index in [0.717, 1.165) is 41.0 Å². The van der Waals surface area contributed by atoms with Crippen LogP contribution in [0, 0.1) is 20.8 Å². The van der Waals surface area contributed by atoms with Crippen molar-refractivity contribution < 1.29 is 4.79 Å². The van der Waals surface area contributed by atoms with Crippen molar-refractivity contribution in [2.45, 2.75) is 47.6 Å². The van der Waals surface area contributed by atoms with Crippen LogP contribution in [-0.2, 0) is 13.0 Å². The number of rotatable bonds is 4. The topological polar surface area (TPSA) is 34.0 Å². The fraction of sp³-hybridized carbons (Fsp3) is 0.318. The SMILES string of the molecule is CCc1ccc2c(c1)c(C)c(C(=O)Nc1cccc(C)c1C)n2CC. The second-order valence-electron chi connectivity index (χ2n) is 6.62. The standard InChI is InChI=1S/C22H26N2O/c1-6-17-11-12-20-18(13-17)16(5)21(24(20)7-2)22(25)23-19-10-8-9-14(3)15(19)4/h8-13H,6-7H2,1-5H3,(H,23,25). The Hall–Kier alpha value is -2.55. The first-order chi connectivity index (χ1) is 12.0. The van der Waals surface area contributed by atoms with Crippen LogP contribution in [-0.4, -0.2) is 10.5 Å². The van der Waals surface area contributed by atoms with Crippen LogP contribution >= 0.6 is 0 Å². The van der Waals surface area contributed by atoms with Gasteiger partial charge in [0.15, 0.2) is 0 Å². The van der Waals surface area contributed by atoms with E-state index in [1.165, 1.54) is 16.5 Å². The van der Waals surface area contributed by atoms with Crippen LogP contribution in [0.4, 0.5) is 5.69 Å². The average molecular weight is 334 g/mol. The number of nitrogens with zero attached hydrogens (tertiary/aromatic N) is 1. The minimum atomic E-state index is -0.0395. The summed E-state index contributed by atoms with van der Waals surface area (Å²) in [6.45, 7) is 11.2. The van der Waals surface area contributed by atoms with Crippen LogP contribution in [0.25, 0.3) is 10.9 Å². The largest absolute Gasteiger partial charge is 0.337 e. The van der Waals surface area contributed by atoms with Crippen LogP contribution in [0.3, 0.4) is 0 Å². The van der Waals surface area contributed by atoms with E-state index in [0.29, 0.717) is 0 Å². The lowest BCUT2D eigenvalue weighted by Crippen LogP contribution is -2.18. The summed E-state index contributed by atoms with van der Waals surface area (Å²) in [5.74, 6) is -0.0395. The Kier molecular flexibility index (Phi) is 4.67. The van der Waals surface area contributed by atoms with E-state index in [9.17, 15) is 4.79 Å². The molecule has 1 heterocycles. The van der Waals surface area contributed by atoms with E-state index in [-0.39, 0.29) is 5.91 Å². The second kappa shape index (κ2) is 6.75. The Morgan fingerprint density at radius 2 is 1.80 bits per heavy atom. The highest BCUT2D eigenvalue weighted by Crippen LogP contribution is 2.28. The van der Waals surface area contributed by atoms with E-state index < -0.39 is 0 Å². The number of anilines is 1. The molecule has 0 aliphatic carbocycles. The predicted molar refractivity (Wildman–Crippen MR) is 106 cm³/mol. The van der Waals surface area contributed by atoms with Gasteiger partial charge in [-0.15, -0.1) is 0 Å². The zero-order valence-electron chi connectivity index (χ0n) is 15.7. The molecule has 0 radical (unpaired) electrons. The Balaban J connectivity index is 2.09. The van der Waals surface area contributed by atoms with E-state index in [2.05, 4.69) is 54.9 Å². The van der Waals surface area contributed by atoms with Crippen molar-refractivity contribution in [3.63, 3.8) is 0 Å². The molecule has 3 rings (SSSR count). The molecule has 1 N–H and O–H groups in total. The molecule has 0 aliphatic rings. The van der Waals surface area contributed by atoms with Crippen molar-refractivity contribution in [2.75, 3.05) is 5.32 Å². The fourth-order valence-corrected chi connectivity index (χ4v) is 3.48. The summed E-state index contributed by atoms with van der Waals surface area (Å²) in [6, 6.07) is 12.5. The molecule has 0 fully saturated rings. The summed E-state index contributed by atoms with van der Waals surface area (Å²) < 4.78 is 2.12. The van der Waals surface area contributed by atoms with E-state index in [1.807, 2.05) is 26.0 Å². The third-order valence-electron chi connectivity index (χ3n) is 5.17. The summed E-state index contributed by atoms with van der Waals surface area (Å²) in [6.07, 6.45) is 0.997. The van der Waals surface area contributed by atoms with Crippen LogP contribution in [0.2, 0.25) is 0 Å². The molecule has 2 aromatic carbocycles. The van der Waals surface area contributed by atoms with Crippen LogP contribution < -0.4 is 5.32 Å². The van der Waals surface area contributed by atoms with Gasteiger partial charge >= 0.3 is 0 Å². The van der Waals surface area contributed by atoms with Gasteiger partial charge in [0.25, 0.3) is 5.91 Å². The second-order valence-corrected chi connectivity index (χ2v) is 6.62. The molecule has 0 saturated carbocycles. The maximum atomic E-state index is 13.1. The van der Waals surface area contributed by atoms with Gasteiger partial charge in [-0.05, 0) is 74.6 Å². The molecular formula is C22H26N2O. The van der Waals surface area contributed by atoms with Crippen molar-refractivity contribution in [1.82, 2.24) is 4.57 Å². The molecule has 0 aliphatic heterocycles. The molecule has 3 aromatic rings. The predicted octanol–water partition coefficient (Wildman–Crippen LogP) is 5.40. The van der Waals surface area contributed by atoms with Crippen molar-refractivity contribution >= 4 is 22.5 Å². The van der Waals surface area contributed by atoms with E-state index in [1.54, 1.807) is 0 Å². The van der Waals surface area contributed by atoms with Gasteiger partial charge in [-0.1, -0.05) is 25.1 Å². The molecule has 3 heteroatoms. The number of hydrogen-bond acceptors (Lipinski definition) is 1. The molecule has 1 amide bonds. The monoisotopic (exact) mass is 334 g/mol. The third kappa shape index (κ3) is 2.95. The number of benzene rings is 2. The summed E-state index contributed by atoms with van der Waals surface area (Å²) in [7, 11) is 0. The highest BCUT2D eigenvalue weighted by atomic mass is 16.2. The molecule has 25 heavy (non-hydrogen) atoms. The molecule has 0 saturated heterocycles. The van der Waals surface area contributed by atoms with Gasteiger partial charge in [-0.3, -0.25) is 4.79 Å². The molecule has 0 bridgehead atoms. The van der Waals surface area contributed by atoms with Crippen molar-refractivity contribution in [1.29, 1.82) is 0 Å². The maximum absolute atomic E-state index is 13.1. The van der Waals surface area contributed by atoms with Crippen molar-refractivity contribution in [2.24, 2.45) is 0 Å². The Bertz CT molecular complexity index is 950. The maximum Gasteiger partial charge on any atom is 0.272 e. The summed E-state index contributed by atoms with van der Waals surface area (Å²) >= 11 is 0. The van der Waals surface area contributed by atoms with Crippen LogP contribution in [0.1, 0.15) is 46.6 Å². The molecule has 0 spiro atoms. The first kappa shape index (κ1) is 17.3. The van der Waals surface area contributed by atoms with Gasteiger partial charge in [0.05, 0.1) is 0 Å². The molecule has 3 nitrogen and oxygen atoms in total. The fourth-order valence-electron chi connectivity index (χ4n) is 3.48. The number of amides is 1. The molecule has 1 aromatic heterocycles. The van der Waals surface area contributed by atoms with Crippen molar-refractivity contribution in [3.05, 3.63) is 64.3 Å². The highest BCUT2D eigenvalue weighted by Gasteiger charge is 2.20. The van der Waals surface area contributed by atoms with Crippen LogP contribution in [0.15, 0.2) is 36.4 Å². The minimum absolute atomic E-state index is 0.0395. The van der Waals surface area contributed by atoms with Gasteiger partial charge in [0, 0.05) is 23.1 Å². The lowest BCUT2D eigenvalue weighted by Gasteiger charge is -2.13. The zero-order valence-corrected chi connectivity index (χ0v) is 15.7. The van der Waals surface area contributed by atoms with Gasteiger partial charge in [-0.25, -0.2) is 0 Å². The highest BCUT2D eigenvalue weighted by molar-refractivity contribution is 6.08. The smallest absolute Gasteiger partial charge is 0.272 e. The van der Waals surface area contributed by atoms with Gasteiger partial charge < -0.3 is 9.88 Å². The van der Waals surface area contributed by atoms with Gasteiger partial charge in [0.1, 0.15) is 5.69 Å². The van der Waals surface area contributed by atoms with Gasteiger partial charge in [-0.2, -0.15) is 0 Å². The minimum Gasteiger partial charge on any atom is -0.337 e. The zero-order chi connectivity index (χ0) is 18.1. The summed E-state index contributed by atoms with van der Waals surface area (Å²) in [5.41, 5.74) is 7.40. The van der Waals surface area contributed by atoms with E-state index in [4.69, 9.17) is 0 Å². The normalized spacial score (nSPS) is 11.1. The number of fused-ring (bicyclic) bond motifs is 1. The third-order valence-corrected chi connectivity index (χ3v) is 5.17. The summed E-state index contributed by atoms with van der Waals surface area (Å²) in [5, 5.41) is 4.29. The van der Waals surface area contributed by atoms with Crippen molar-refractivity contribution in [3.8, 4) is 0 Å². The van der Waals surface area contributed by atoms with E-state index >= 15 is 0 Å². The van der Waals surface area contributed by atoms with Gasteiger partial charge in [0.2, 0.25) is 0 Å². The Morgan fingerprint density at radius 1 is 1.04 bits per heavy atom. The average Bonchev–Trinajstić information content (AvgIpc) is 2.90. The number of aromatic nitrogens is 1. The number of carbonyl (C=O) groups is 1. The molecule has 0 unspecified atom stereocenters. The first-order valence-corrected chi connectivity index (χ1v) is 8.97. The number of carbonyl (C=O) groups excluding carboxylic acids is 1. The number of nitrogens with one attached hydrogen (secondary N) is 1. The molecule has 130 valence electrons. The lowest BCUT2D eigenvalue weighted by molar-refractivity contribution is 0.101. The quantitative estimate of drug-likeness (QED) is 0.681. The molecular weight excluding hydrogens is 308 g/mol. The summed E-state index contributed by atoms with van der Waals surface area (Å²) in [4.78, 5) is 13.1. The Labute approximate surface area is 149 Å². The van der Waals surface area contributed by atoms with Crippen LogP contribution in [0.5, 0.6) is 0 Å². The first-order valence-electron chi connectivity index (χ1n) is 8.97. The number of hydrogen-bond donors (Lipinski definition) is 1. The Morgan fingerprint density at radius 3 is 2.48 bits per heavy atom. The number of aryl methyl sites for hydroxylation is 4.